The molecule has 0 aliphatic carbocycles. The zero-order chi connectivity index (χ0) is 13.0. The molecule has 1 rings (SSSR count). The van der Waals surface area contributed by atoms with Crippen molar-refractivity contribution in [1.29, 1.82) is 0 Å². The third kappa shape index (κ3) is 2.96. The largest absolute Gasteiger partial charge is 0.497 e. The summed E-state index contributed by atoms with van der Waals surface area (Å²) in [5.74, 6) is -0.597. The molecule has 1 N–H and O–H groups in total. The van der Waals surface area contributed by atoms with Crippen molar-refractivity contribution in [2.24, 2.45) is 0 Å². The van der Waals surface area contributed by atoms with Crippen LogP contribution in [0.5, 0.6) is 11.5 Å². The molecule has 17 heavy (non-hydrogen) atoms. The summed E-state index contributed by atoms with van der Waals surface area (Å²) < 4.78 is 10.0. The van der Waals surface area contributed by atoms with E-state index in [9.17, 15) is 9.59 Å². The molecule has 1 aromatic rings. The second kappa shape index (κ2) is 5.34. The summed E-state index contributed by atoms with van der Waals surface area (Å²) in [4.78, 5) is 22.3. The maximum Gasteiger partial charge on any atom is 0.339 e. The summed E-state index contributed by atoms with van der Waals surface area (Å²) in [7, 11) is 2.84. The van der Waals surface area contributed by atoms with E-state index in [4.69, 9.17) is 14.6 Å². The highest BCUT2D eigenvalue weighted by Crippen LogP contribution is 2.29. The molecule has 0 aromatic heterocycles. The van der Waals surface area contributed by atoms with Gasteiger partial charge in [-0.3, -0.25) is 4.79 Å². The highest BCUT2D eigenvalue weighted by Gasteiger charge is 2.19. The lowest BCUT2D eigenvalue weighted by molar-refractivity contribution is -0.116. The van der Waals surface area contributed by atoms with Crippen LogP contribution in [0.1, 0.15) is 22.8 Å². The third-order valence-corrected chi connectivity index (χ3v) is 2.27. The number of benzene rings is 1. The van der Waals surface area contributed by atoms with E-state index >= 15 is 0 Å². The molecule has 1 aromatic carbocycles. The van der Waals surface area contributed by atoms with Crippen LogP contribution < -0.4 is 9.47 Å². The summed E-state index contributed by atoms with van der Waals surface area (Å²) in [6.45, 7) is 1.40. The topological polar surface area (TPSA) is 72.8 Å². The predicted octanol–water partition coefficient (Wildman–Crippen LogP) is 1.53. The third-order valence-electron chi connectivity index (χ3n) is 2.27. The van der Waals surface area contributed by atoms with Gasteiger partial charge in [-0.2, -0.15) is 0 Å². The maximum atomic E-state index is 11.2. The van der Waals surface area contributed by atoms with Crippen molar-refractivity contribution >= 4 is 11.8 Å². The Balaban J connectivity index is 3.40. The zero-order valence-electron chi connectivity index (χ0n) is 9.94. The number of ether oxygens (including phenoxy) is 2. The minimum atomic E-state index is -1.12. The van der Waals surface area contributed by atoms with Gasteiger partial charge in [0.05, 0.1) is 14.2 Å². The monoisotopic (exact) mass is 238 g/mol. The number of hydrogen-bond acceptors (Lipinski definition) is 4. The molecule has 92 valence electrons. The van der Waals surface area contributed by atoms with Crippen molar-refractivity contribution in [2.75, 3.05) is 14.2 Å². The van der Waals surface area contributed by atoms with Gasteiger partial charge in [0.15, 0.2) is 0 Å². The Kier molecular flexibility index (Phi) is 4.09. The number of aromatic carboxylic acids is 1. The van der Waals surface area contributed by atoms with Gasteiger partial charge >= 0.3 is 5.97 Å². The second-order valence-electron chi connectivity index (χ2n) is 3.55. The minimum Gasteiger partial charge on any atom is -0.497 e. The smallest absolute Gasteiger partial charge is 0.339 e. The molecule has 0 bridgehead atoms. The van der Waals surface area contributed by atoms with Gasteiger partial charge < -0.3 is 14.6 Å². The Morgan fingerprint density at radius 3 is 2.29 bits per heavy atom. The molecule has 5 nitrogen and oxygen atoms in total. The van der Waals surface area contributed by atoms with Gasteiger partial charge in [-0.25, -0.2) is 4.79 Å². The quantitative estimate of drug-likeness (QED) is 0.842. The van der Waals surface area contributed by atoms with Gasteiger partial charge in [0, 0.05) is 12.5 Å². The lowest BCUT2D eigenvalue weighted by Crippen LogP contribution is -2.09. The normalized spacial score (nSPS) is 9.82. The molecule has 0 aliphatic rings. The SMILES string of the molecule is COc1cc(CC(C)=O)c(C(=O)O)c(OC)c1. The zero-order valence-corrected chi connectivity index (χ0v) is 9.94. The van der Waals surface area contributed by atoms with Gasteiger partial charge in [-0.05, 0) is 18.6 Å². The van der Waals surface area contributed by atoms with Gasteiger partial charge in [0.1, 0.15) is 22.8 Å². The number of carbonyl (C=O) groups excluding carboxylic acids is 1. The Hall–Kier alpha value is -2.04. The van der Waals surface area contributed by atoms with E-state index in [1.165, 1.54) is 33.3 Å². The number of Topliss-reactive ketones (excluding diaryl/α,β-unsaturated/α-hetero) is 1. The molecule has 0 amide bonds. The average molecular weight is 238 g/mol. The van der Waals surface area contributed by atoms with Crippen LogP contribution in [0, 0.1) is 0 Å². The molecule has 0 atom stereocenters. The van der Waals surface area contributed by atoms with Crippen molar-refractivity contribution in [1.82, 2.24) is 0 Å². The first-order valence-corrected chi connectivity index (χ1v) is 4.97. The molecule has 0 radical (unpaired) electrons. The molecule has 0 saturated heterocycles. The fraction of sp³-hybridized carbons (Fsp3) is 0.333. The van der Waals surface area contributed by atoms with E-state index < -0.39 is 5.97 Å². The fourth-order valence-corrected chi connectivity index (χ4v) is 1.57. The summed E-state index contributed by atoms with van der Waals surface area (Å²) in [5, 5.41) is 9.12. The van der Waals surface area contributed by atoms with Crippen LogP contribution in [0.25, 0.3) is 0 Å². The average Bonchev–Trinajstić information content (AvgIpc) is 2.26. The summed E-state index contributed by atoms with van der Waals surface area (Å²) >= 11 is 0. The highest BCUT2D eigenvalue weighted by molar-refractivity contribution is 5.95. The molecule has 0 heterocycles. The number of rotatable bonds is 5. The molecular formula is C12H14O5. The van der Waals surface area contributed by atoms with Crippen molar-refractivity contribution < 1.29 is 24.2 Å². The molecule has 5 heteroatoms. The van der Waals surface area contributed by atoms with Crippen molar-refractivity contribution in [3.05, 3.63) is 23.3 Å². The Labute approximate surface area is 99.0 Å². The van der Waals surface area contributed by atoms with Crippen LogP contribution in [0.4, 0.5) is 0 Å². The van der Waals surface area contributed by atoms with Crippen LogP contribution in [0.15, 0.2) is 12.1 Å². The first-order chi connectivity index (χ1) is 7.99. The first-order valence-electron chi connectivity index (χ1n) is 4.97. The number of ketones is 1. The van der Waals surface area contributed by atoms with Crippen LogP contribution >= 0.6 is 0 Å². The van der Waals surface area contributed by atoms with E-state index in [2.05, 4.69) is 0 Å². The van der Waals surface area contributed by atoms with Crippen LogP contribution in [0.3, 0.4) is 0 Å². The first kappa shape index (κ1) is 13.0. The number of methoxy groups -OCH3 is 2. The van der Waals surface area contributed by atoms with Crippen LogP contribution in [-0.2, 0) is 11.2 Å². The lowest BCUT2D eigenvalue weighted by Gasteiger charge is -2.12. The second-order valence-corrected chi connectivity index (χ2v) is 3.55. The summed E-state index contributed by atoms with van der Waals surface area (Å²) in [6, 6.07) is 3.01. The van der Waals surface area contributed by atoms with Gasteiger partial charge in [0.2, 0.25) is 0 Å². The molecule has 0 fully saturated rings. The molecule has 0 spiro atoms. The molecule has 0 unspecified atom stereocenters. The van der Waals surface area contributed by atoms with Gasteiger partial charge in [0.25, 0.3) is 0 Å². The van der Waals surface area contributed by atoms with Gasteiger partial charge in [-0.15, -0.1) is 0 Å². The van der Waals surface area contributed by atoms with Crippen LogP contribution in [0.2, 0.25) is 0 Å². The van der Waals surface area contributed by atoms with Gasteiger partial charge in [-0.1, -0.05) is 0 Å². The fourth-order valence-electron chi connectivity index (χ4n) is 1.57. The van der Waals surface area contributed by atoms with E-state index in [-0.39, 0.29) is 23.5 Å². The Morgan fingerprint density at radius 2 is 1.88 bits per heavy atom. The Morgan fingerprint density at radius 1 is 1.24 bits per heavy atom. The minimum absolute atomic E-state index is 0.00324. The van der Waals surface area contributed by atoms with E-state index in [1.807, 2.05) is 0 Å². The van der Waals surface area contributed by atoms with Crippen molar-refractivity contribution in [3.8, 4) is 11.5 Å². The van der Waals surface area contributed by atoms with Crippen molar-refractivity contribution in [3.63, 3.8) is 0 Å². The number of carboxylic acids is 1. The standard InChI is InChI=1S/C12H14O5/c1-7(13)4-8-5-9(16-2)6-10(17-3)11(8)12(14)15/h5-6H,4H2,1-3H3,(H,14,15). The number of hydrogen-bond donors (Lipinski definition) is 1. The van der Waals surface area contributed by atoms with Crippen LogP contribution in [-0.4, -0.2) is 31.1 Å². The number of carbonyl (C=O) groups is 2. The van der Waals surface area contributed by atoms with Crippen molar-refractivity contribution in [2.45, 2.75) is 13.3 Å². The lowest BCUT2D eigenvalue weighted by atomic mass is 10.0. The van der Waals surface area contributed by atoms with E-state index in [0.29, 0.717) is 11.3 Å². The van der Waals surface area contributed by atoms with E-state index in [1.54, 1.807) is 0 Å². The summed E-state index contributed by atoms with van der Waals surface area (Å²) in [6.07, 6.45) is 0.0369. The molecule has 0 saturated carbocycles. The maximum absolute atomic E-state index is 11.2. The van der Waals surface area contributed by atoms with E-state index in [0.717, 1.165) is 0 Å². The Bertz CT molecular complexity index is 450. The molecule has 0 aliphatic heterocycles. The number of carboxylic acid groups (broad SMARTS) is 1. The molecular weight excluding hydrogens is 224 g/mol. The summed E-state index contributed by atoms with van der Waals surface area (Å²) in [5.41, 5.74) is 0.393. The highest BCUT2D eigenvalue weighted by atomic mass is 16.5. The predicted molar refractivity (Wildman–Crippen MR) is 60.9 cm³/mol.